The van der Waals surface area contributed by atoms with Crippen LogP contribution < -0.4 is 14.8 Å². The summed E-state index contributed by atoms with van der Waals surface area (Å²) in [6.07, 6.45) is -18.2. The molecule has 0 bridgehead atoms. The smallest absolute Gasteiger partial charge is 0.408 e. The fourth-order valence-electron chi connectivity index (χ4n) is 8.61. The first-order valence-electron chi connectivity index (χ1n) is 26.8. The zero-order chi connectivity index (χ0) is 64.0. The maximum atomic E-state index is 13.7. The van der Waals surface area contributed by atoms with E-state index in [9.17, 15) is 47.9 Å². The fraction of sp³-hybridized carbons (Fsp3) is 0.579. The molecule has 2 aliphatic heterocycles. The van der Waals surface area contributed by atoms with Crippen LogP contribution in [0, 0.1) is 0 Å². The van der Waals surface area contributed by atoms with Crippen molar-refractivity contribution in [3.8, 4) is 11.5 Å². The molecule has 86 heavy (non-hydrogen) atoms. The number of nitrogens with one attached hydrogen (secondary N) is 1. The summed E-state index contributed by atoms with van der Waals surface area (Å²) in [5.41, 5.74) is -0.297. The van der Waals surface area contributed by atoms with Crippen molar-refractivity contribution in [1.29, 1.82) is 0 Å². The first-order chi connectivity index (χ1) is 40.5. The van der Waals surface area contributed by atoms with Crippen LogP contribution in [0.15, 0.2) is 58.5 Å². The van der Waals surface area contributed by atoms with Crippen LogP contribution in [-0.2, 0) is 109 Å². The van der Waals surface area contributed by atoms with E-state index < -0.39 is 177 Å². The molecule has 4 rings (SSSR count). The van der Waals surface area contributed by atoms with Crippen LogP contribution in [0.4, 0.5) is 4.79 Å². The number of methoxy groups -OCH3 is 2. The summed E-state index contributed by atoms with van der Waals surface area (Å²) < 4.78 is 94.0. The lowest BCUT2D eigenvalue weighted by molar-refractivity contribution is -0.339. The van der Waals surface area contributed by atoms with E-state index in [2.05, 4.69) is 5.32 Å². The van der Waals surface area contributed by atoms with Crippen LogP contribution in [0.25, 0.3) is 0 Å². The van der Waals surface area contributed by atoms with Crippen molar-refractivity contribution in [2.24, 2.45) is 9.98 Å². The number of ether oxygens (including phenoxy) is 16. The van der Waals surface area contributed by atoms with Gasteiger partial charge >= 0.3 is 59.8 Å². The zero-order valence-corrected chi connectivity index (χ0v) is 50.2. The predicted molar refractivity (Wildman–Crippen MR) is 293 cm³/mol. The van der Waals surface area contributed by atoms with Gasteiger partial charge in [-0.1, -0.05) is 0 Å². The molecule has 14 atom stereocenters. The number of benzene rings is 2. The average Bonchev–Trinajstić information content (AvgIpc) is 0.955. The molecule has 2 fully saturated rings. The molecule has 0 saturated carbocycles. The number of alkyl carbamates (subject to hydrolysis) is 1. The van der Waals surface area contributed by atoms with Crippen molar-refractivity contribution in [1.82, 2.24) is 5.32 Å². The number of hydrogen-bond donors (Lipinski definition) is 1. The molecule has 0 radical (unpaired) electrons. The molecule has 2 aromatic rings. The number of esters is 9. The maximum Gasteiger partial charge on any atom is 0.408 e. The molecule has 0 aromatic heterocycles. The summed E-state index contributed by atoms with van der Waals surface area (Å²) in [6.45, 7) is 10.9. The highest BCUT2D eigenvalue weighted by molar-refractivity contribution is 5.81. The third-order valence-electron chi connectivity index (χ3n) is 12.0. The van der Waals surface area contributed by atoms with E-state index in [1.807, 2.05) is 0 Å². The first kappa shape index (κ1) is 70.2. The van der Waals surface area contributed by atoms with Gasteiger partial charge in [0.25, 0.3) is 0 Å². The van der Waals surface area contributed by atoms with E-state index in [1.165, 1.54) is 26.6 Å². The van der Waals surface area contributed by atoms with Gasteiger partial charge in [-0.25, -0.2) is 4.79 Å². The van der Waals surface area contributed by atoms with E-state index in [4.69, 9.17) is 85.8 Å². The lowest BCUT2D eigenvalue weighted by Crippen LogP contribution is -2.67. The van der Waals surface area contributed by atoms with Crippen molar-refractivity contribution in [2.45, 2.75) is 174 Å². The Morgan fingerprint density at radius 2 is 0.930 bits per heavy atom. The second-order valence-corrected chi connectivity index (χ2v) is 20.3. The number of rotatable bonds is 27. The lowest BCUT2D eigenvalue weighted by Gasteiger charge is -2.49. The molecule has 2 aromatic carbocycles. The molecule has 0 spiro atoms. The van der Waals surface area contributed by atoms with Crippen LogP contribution in [0.3, 0.4) is 0 Å². The van der Waals surface area contributed by atoms with Crippen molar-refractivity contribution in [2.75, 3.05) is 40.6 Å². The summed E-state index contributed by atoms with van der Waals surface area (Å²) in [6, 6.07) is 7.90. The topological polar surface area (TPSA) is 355 Å². The van der Waals surface area contributed by atoms with E-state index in [1.54, 1.807) is 69.3 Å². The third-order valence-corrected chi connectivity index (χ3v) is 12.0. The van der Waals surface area contributed by atoms with Crippen LogP contribution in [-0.4, -0.2) is 204 Å². The summed E-state index contributed by atoms with van der Waals surface area (Å²) in [7, 11) is 2.91. The van der Waals surface area contributed by atoms with Gasteiger partial charge < -0.3 is 81.1 Å². The molecule has 2 aliphatic rings. The number of carbonyl (C=O) groups is 10. The molecule has 29 heteroatoms. The molecule has 29 nitrogen and oxygen atoms in total. The molecule has 0 aliphatic carbocycles. The second kappa shape index (κ2) is 33.4. The predicted octanol–water partition coefficient (Wildman–Crippen LogP) is 3.00. The van der Waals surface area contributed by atoms with Gasteiger partial charge in [-0.3, -0.25) is 53.1 Å². The third kappa shape index (κ3) is 23.3. The van der Waals surface area contributed by atoms with E-state index in [0.717, 1.165) is 62.3 Å². The molecule has 2 heterocycles. The van der Waals surface area contributed by atoms with Crippen LogP contribution in [0.2, 0.25) is 0 Å². The van der Waals surface area contributed by atoms with E-state index in [0.29, 0.717) is 22.6 Å². The molecular formula is C57H75N3O26. The Morgan fingerprint density at radius 1 is 0.512 bits per heavy atom. The maximum absolute atomic E-state index is 13.7. The zero-order valence-electron chi connectivity index (χ0n) is 50.2. The summed E-state index contributed by atoms with van der Waals surface area (Å²) in [5, 5.41) is 2.51. The summed E-state index contributed by atoms with van der Waals surface area (Å²) in [5.74, 6) is -7.36. The van der Waals surface area contributed by atoms with Crippen LogP contribution >= 0.6 is 0 Å². The number of amides is 1. The minimum Gasteiger partial charge on any atom is -0.497 e. The first-order valence-corrected chi connectivity index (χ1v) is 26.8. The van der Waals surface area contributed by atoms with Crippen LogP contribution in [0.1, 0.15) is 94.2 Å². The van der Waals surface area contributed by atoms with Gasteiger partial charge in [0.1, 0.15) is 86.1 Å². The number of hydrogen-bond acceptors (Lipinski definition) is 28. The minimum atomic E-state index is -2.02. The van der Waals surface area contributed by atoms with Gasteiger partial charge in [-0.2, -0.15) is 0 Å². The summed E-state index contributed by atoms with van der Waals surface area (Å²) in [4.78, 5) is 139. The molecule has 1 amide bonds. The quantitative estimate of drug-likeness (QED) is 0.0763. The van der Waals surface area contributed by atoms with E-state index >= 15 is 0 Å². The van der Waals surface area contributed by atoms with Gasteiger partial charge in [0.2, 0.25) is 0 Å². The Bertz CT molecular complexity index is 2710. The molecule has 6 unspecified atom stereocenters. The average molecular weight is 1220 g/mol. The largest absolute Gasteiger partial charge is 0.497 e. The Balaban J connectivity index is 2.13. The number of nitrogens with zero attached hydrogens (tertiary/aromatic N) is 2. The second-order valence-electron chi connectivity index (χ2n) is 20.3. The van der Waals surface area contributed by atoms with Gasteiger partial charge in [-0.15, -0.1) is 0 Å². The molecule has 474 valence electrons. The Kier molecular flexibility index (Phi) is 27.3. The van der Waals surface area contributed by atoms with Crippen molar-refractivity contribution >= 4 is 72.2 Å². The SMILES string of the molecule is COc1ccc(C=NC2[C@H](O[C@H]3C(COC(C)=O)O[C@@H](O[C@@H](C(COC(C)=O)OC(C)=O)[C@H](OC(C)=O)C(COC(C)=O)NC(=O)OC(C)(C)C)C(N=Cc4ccc(OC)cc4)[C@H]3OC(C)=O)OC(COC(C)=O)[C@H](OC(C)=O)[C@@H]2OC(C)=O)cc1. The van der Waals surface area contributed by atoms with Crippen molar-refractivity contribution < 1.29 is 124 Å². The normalized spacial score (nSPS) is 23.4. The highest BCUT2D eigenvalue weighted by atomic mass is 16.8. The number of carbonyl (C=O) groups excluding carboxylic acids is 10. The lowest BCUT2D eigenvalue weighted by atomic mass is 9.94. The standard InChI is InChI=1S/C57H75N3O26/c1-29(61)73-25-42(60-56(70)86-57(10,11)12)48(78-34(6)66)49(43(77-33(5)65)26-74-30(2)62)84-54-47(59-24-39-17-21-41(72-14)22-18-39)53(81-37(9)69)51(45(83-54)28-76-32(4)64)85-55-46(58-23-38-15-19-40(71-13)20-16-38)52(80-36(8)68)50(79-35(7)67)44(82-55)27-75-31(3)63/h15-24,42-55H,25-28H2,1-14H3,(H,60,70)/t42?,43?,44?,45?,46?,47?,48-,49+,50+,51+,52-,53-,54+,55+/m1/s1. The fourth-order valence-corrected chi connectivity index (χ4v) is 8.61. The Hall–Kier alpha value is -8.28. The van der Waals surface area contributed by atoms with E-state index in [-0.39, 0.29) is 0 Å². The van der Waals surface area contributed by atoms with Crippen molar-refractivity contribution in [3.05, 3.63) is 59.7 Å². The number of aliphatic imine (C=N–C) groups is 2. The van der Waals surface area contributed by atoms with Crippen LogP contribution in [0.5, 0.6) is 11.5 Å². The monoisotopic (exact) mass is 1220 g/mol. The molecular weight excluding hydrogens is 1140 g/mol. The van der Waals surface area contributed by atoms with Crippen molar-refractivity contribution in [3.63, 3.8) is 0 Å². The molecule has 1 N–H and O–H groups in total. The van der Waals surface area contributed by atoms with Gasteiger partial charge in [0.05, 0.1) is 14.2 Å². The highest BCUT2D eigenvalue weighted by Gasteiger charge is 2.57. The molecule has 2 saturated heterocycles. The summed E-state index contributed by atoms with van der Waals surface area (Å²) >= 11 is 0. The minimum absolute atomic E-state index is 0.383. The van der Waals surface area contributed by atoms with Gasteiger partial charge in [0, 0.05) is 74.7 Å². The van der Waals surface area contributed by atoms with Gasteiger partial charge in [-0.05, 0) is 80.4 Å². The van der Waals surface area contributed by atoms with Gasteiger partial charge in [0.15, 0.2) is 43.1 Å². The highest BCUT2D eigenvalue weighted by Crippen LogP contribution is 2.37. The Morgan fingerprint density at radius 3 is 1.36 bits per heavy atom. The Labute approximate surface area is 496 Å².